The number of carbonyl (C=O) groups excluding carboxylic acids is 1. The summed E-state index contributed by atoms with van der Waals surface area (Å²) in [5, 5.41) is 3.40. The highest BCUT2D eigenvalue weighted by atomic mass is 35.5. The lowest BCUT2D eigenvalue weighted by Gasteiger charge is -2.22. The first-order chi connectivity index (χ1) is 12.9. The molecule has 0 unspecified atom stereocenters. The van der Waals surface area contributed by atoms with Crippen LogP contribution in [0, 0.1) is 0 Å². The van der Waals surface area contributed by atoms with Crippen molar-refractivity contribution in [2.24, 2.45) is 0 Å². The zero-order chi connectivity index (χ0) is 19.7. The van der Waals surface area contributed by atoms with Gasteiger partial charge >= 0.3 is 0 Å². The highest BCUT2D eigenvalue weighted by Crippen LogP contribution is 2.13. The van der Waals surface area contributed by atoms with Gasteiger partial charge in [-0.3, -0.25) is 14.7 Å². The highest BCUT2D eigenvalue weighted by molar-refractivity contribution is 7.89. The minimum Gasteiger partial charge on any atom is -0.325 e. The van der Waals surface area contributed by atoms with Crippen molar-refractivity contribution < 1.29 is 13.2 Å². The molecule has 0 saturated carbocycles. The van der Waals surface area contributed by atoms with Crippen molar-refractivity contribution in [3.05, 3.63) is 59.4 Å². The minimum atomic E-state index is -3.27. The molecule has 0 saturated heterocycles. The summed E-state index contributed by atoms with van der Waals surface area (Å²) in [5.41, 5.74) is 1.59. The molecule has 1 heterocycles. The quantitative estimate of drug-likeness (QED) is 0.626. The number of anilines is 1. The monoisotopic (exact) mass is 410 g/mol. The standard InChI is InChI=1S/C18H23ClN4O3S/c1-2-27(25,26)21-10-11-23(13-15-4-3-9-20-12-15)14-18(24)22-17-7-5-16(19)6-8-17/h3-9,12,21H,2,10-11,13-14H2,1H3,(H,22,24). The second kappa shape index (κ2) is 10.4. The zero-order valence-electron chi connectivity index (χ0n) is 15.1. The van der Waals surface area contributed by atoms with Crippen molar-refractivity contribution in [3.8, 4) is 0 Å². The van der Waals surface area contributed by atoms with Gasteiger partial charge < -0.3 is 5.32 Å². The number of hydrogen-bond acceptors (Lipinski definition) is 5. The molecule has 27 heavy (non-hydrogen) atoms. The number of halogens is 1. The summed E-state index contributed by atoms with van der Waals surface area (Å²) in [7, 11) is -3.27. The van der Waals surface area contributed by atoms with E-state index in [-0.39, 0.29) is 24.7 Å². The predicted octanol–water partition coefficient (Wildman–Crippen LogP) is 2.11. The van der Waals surface area contributed by atoms with Crippen LogP contribution in [0.2, 0.25) is 5.02 Å². The van der Waals surface area contributed by atoms with Gasteiger partial charge in [0.05, 0.1) is 12.3 Å². The van der Waals surface area contributed by atoms with Crippen molar-refractivity contribution >= 4 is 33.2 Å². The number of rotatable bonds is 10. The van der Waals surface area contributed by atoms with Gasteiger partial charge in [-0.2, -0.15) is 0 Å². The largest absolute Gasteiger partial charge is 0.325 e. The third kappa shape index (κ3) is 8.04. The Morgan fingerprint density at radius 2 is 1.96 bits per heavy atom. The molecule has 1 aromatic heterocycles. The molecule has 2 aromatic rings. The smallest absolute Gasteiger partial charge is 0.238 e. The van der Waals surface area contributed by atoms with Crippen LogP contribution >= 0.6 is 11.6 Å². The minimum absolute atomic E-state index is 0.0205. The SMILES string of the molecule is CCS(=O)(=O)NCCN(CC(=O)Nc1ccc(Cl)cc1)Cc1cccnc1. The molecule has 0 atom stereocenters. The fourth-order valence-corrected chi connectivity index (χ4v) is 3.09. The van der Waals surface area contributed by atoms with Gasteiger partial charge in [-0.1, -0.05) is 17.7 Å². The zero-order valence-corrected chi connectivity index (χ0v) is 16.6. The van der Waals surface area contributed by atoms with Crippen LogP contribution in [0.4, 0.5) is 5.69 Å². The summed E-state index contributed by atoms with van der Waals surface area (Å²) in [6, 6.07) is 10.6. The third-order valence-electron chi connectivity index (χ3n) is 3.75. The van der Waals surface area contributed by atoms with Crippen LogP contribution in [0.15, 0.2) is 48.8 Å². The Hall–Kier alpha value is -2.00. The van der Waals surface area contributed by atoms with Crippen LogP contribution < -0.4 is 10.0 Å². The molecule has 1 aromatic carbocycles. The van der Waals surface area contributed by atoms with E-state index in [4.69, 9.17) is 11.6 Å². The number of benzene rings is 1. The molecule has 1 amide bonds. The Morgan fingerprint density at radius 3 is 2.59 bits per heavy atom. The van der Waals surface area contributed by atoms with Gasteiger partial charge in [0.1, 0.15) is 0 Å². The fraction of sp³-hybridized carbons (Fsp3) is 0.333. The normalized spacial score (nSPS) is 11.5. The molecule has 2 rings (SSSR count). The number of pyridine rings is 1. The summed E-state index contributed by atoms with van der Waals surface area (Å²) < 4.78 is 25.7. The summed E-state index contributed by atoms with van der Waals surface area (Å²) in [5.74, 6) is -0.174. The Kier molecular flexibility index (Phi) is 8.18. The summed E-state index contributed by atoms with van der Waals surface area (Å²) >= 11 is 5.85. The topological polar surface area (TPSA) is 91.4 Å². The van der Waals surface area contributed by atoms with E-state index in [0.717, 1.165) is 5.56 Å². The predicted molar refractivity (Wildman–Crippen MR) is 107 cm³/mol. The molecular weight excluding hydrogens is 388 g/mol. The van der Waals surface area contributed by atoms with Crippen molar-refractivity contribution in [2.45, 2.75) is 13.5 Å². The van der Waals surface area contributed by atoms with E-state index >= 15 is 0 Å². The molecule has 0 aliphatic carbocycles. The lowest BCUT2D eigenvalue weighted by molar-refractivity contribution is -0.117. The second-order valence-corrected chi connectivity index (χ2v) is 8.46. The van der Waals surface area contributed by atoms with Gasteiger partial charge in [0.2, 0.25) is 15.9 Å². The Bertz CT molecular complexity index is 829. The second-order valence-electron chi connectivity index (χ2n) is 5.92. The van der Waals surface area contributed by atoms with Gasteiger partial charge in [0.25, 0.3) is 0 Å². The first kappa shape index (κ1) is 21.3. The maximum atomic E-state index is 12.4. The Labute approximate surface area is 164 Å². The van der Waals surface area contributed by atoms with Crippen LogP contribution in [0.25, 0.3) is 0 Å². The van der Waals surface area contributed by atoms with Gasteiger partial charge in [0, 0.05) is 42.7 Å². The number of hydrogen-bond donors (Lipinski definition) is 2. The van der Waals surface area contributed by atoms with E-state index in [2.05, 4.69) is 15.0 Å². The number of amides is 1. The average molecular weight is 411 g/mol. The van der Waals surface area contributed by atoms with Gasteiger partial charge in [-0.25, -0.2) is 13.1 Å². The summed E-state index contributed by atoms with van der Waals surface area (Å²) in [4.78, 5) is 18.3. The molecule has 0 fully saturated rings. The van der Waals surface area contributed by atoms with Gasteiger partial charge in [0.15, 0.2) is 0 Å². The molecule has 7 nitrogen and oxygen atoms in total. The van der Waals surface area contributed by atoms with E-state index in [1.54, 1.807) is 43.6 Å². The number of carbonyl (C=O) groups is 1. The molecule has 0 aliphatic heterocycles. The van der Waals surface area contributed by atoms with Gasteiger partial charge in [-0.15, -0.1) is 0 Å². The maximum Gasteiger partial charge on any atom is 0.238 e. The van der Waals surface area contributed by atoms with E-state index in [1.807, 2.05) is 17.0 Å². The van der Waals surface area contributed by atoms with Crippen LogP contribution in [0.1, 0.15) is 12.5 Å². The lowest BCUT2D eigenvalue weighted by atomic mass is 10.2. The number of aromatic nitrogens is 1. The molecule has 146 valence electrons. The Balaban J connectivity index is 1.97. The van der Waals surface area contributed by atoms with Crippen molar-refractivity contribution in [3.63, 3.8) is 0 Å². The number of sulfonamides is 1. The van der Waals surface area contributed by atoms with E-state index in [0.29, 0.717) is 23.8 Å². The van der Waals surface area contributed by atoms with E-state index < -0.39 is 10.0 Å². The highest BCUT2D eigenvalue weighted by Gasteiger charge is 2.13. The molecule has 0 spiro atoms. The van der Waals surface area contributed by atoms with E-state index in [1.165, 1.54) is 0 Å². The fourth-order valence-electron chi connectivity index (χ4n) is 2.36. The van der Waals surface area contributed by atoms with Crippen molar-refractivity contribution in [2.75, 3.05) is 30.7 Å². The molecule has 9 heteroatoms. The van der Waals surface area contributed by atoms with E-state index in [9.17, 15) is 13.2 Å². The molecule has 0 bridgehead atoms. The lowest BCUT2D eigenvalue weighted by Crippen LogP contribution is -2.39. The van der Waals surface area contributed by atoms with Crippen molar-refractivity contribution in [1.82, 2.24) is 14.6 Å². The Morgan fingerprint density at radius 1 is 1.22 bits per heavy atom. The molecule has 0 aliphatic rings. The van der Waals surface area contributed by atoms with Crippen LogP contribution in [-0.4, -0.2) is 49.6 Å². The summed E-state index contributed by atoms with van der Waals surface area (Å²) in [6.45, 7) is 2.79. The van der Waals surface area contributed by atoms with Crippen LogP contribution in [-0.2, 0) is 21.4 Å². The molecule has 0 radical (unpaired) electrons. The van der Waals surface area contributed by atoms with Crippen LogP contribution in [0.3, 0.4) is 0 Å². The molecule has 2 N–H and O–H groups in total. The average Bonchev–Trinajstić information content (AvgIpc) is 2.64. The number of nitrogens with zero attached hydrogens (tertiary/aromatic N) is 2. The van der Waals surface area contributed by atoms with Crippen LogP contribution in [0.5, 0.6) is 0 Å². The number of nitrogens with one attached hydrogen (secondary N) is 2. The maximum absolute atomic E-state index is 12.4. The third-order valence-corrected chi connectivity index (χ3v) is 5.41. The first-order valence-corrected chi connectivity index (χ1v) is 10.5. The van der Waals surface area contributed by atoms with Crippen molar-refractivity contribution in [1.29, 1.82) is 0 Å². The first-order valence-electron chi connectivity index (χ1n) is 8.52. The summed E-state index contributed by atoms with van der Waals surface area (Å²) in [6.07, 6.45) is 3.40. The molecular formula is C18H23ClN4O3S. The van der Waals surface area contributed by atoms with Gasteiger partial charge in [-0.05, 0) is 42.8 Å².